The molecular formula is C11H19N3O5. The Bertz CT molecular complexity index is 369. The van der Waals surface area contributed by atoms with Gasteiger partial charge in [-0.15, -0.1) is 0 Å². The number of carbonyl (C=O) groups is 4. The molecule has 0 aromatic heterocycles. The molecule has 108 valence electrons. The lowest BCUT2D eigenvalue weighted by molar-refractivity contribution is -0.140. The number of aliphatic carboxylic acids is 1. The Morgan fingerprint density at radius 1 is 1.32 bits per heavy atom. The summed E-state index contributed by atoms with van der Waals surface area (Å²) in [4.78, 5) is 45.6. The van der Waals surface area contributed by atoms with Gasteiger partial charge in [0, 0.05) is 26.4 Å². The molecule has 0 fully saturated rings. The summed E-state index contributed by atoms with van der Waals surface area (Å²) in [6.45, 7) is 1.89. The topological polar surface area (TPSA) is 130 Å². The molecule has 3 amide bonds. The van der Waals surface area contributed by atoms with Gasteiger partial charge in [0.2, 0.25) is 17.7 Å². The maximum Gasteiger partial charge on any atom is 0.305 e. The molecule has 0 rings (SSSR count). The number of hydrogen-bond acceptors (Lipinski definition) is 4. The van der Waals surface area contributed by atoms with Crippen molar-refractivity contribution in [1.82, 2.24) is 10.2 Å². The van der Waals surface area contributed by atoms with Crippen molar-refractivity contribution in [2.24, 2.45) is 5.73 Å². The van der Waals surface area contributed by atoms with Crippen LogP contribution in [0.4, 0.5) is 0 Å². The van der Waals surface area contributed by atoms with Crippen LogP contribution < -0.4 is 11.1 Å². The van der Waals surface area contributed by atoms with E-state index in [0.29, 0.717) is 6.42 Å². The van der Waals surface area contributed by atoms with Crippen LogP contribution in [0.1, 0.15) is 26.2 Å². The summed E-state index contributed by atoms with van der Waals surface area (Å²) in [6, 6.07) is -1.24. The van der Waals surface area contributed by atoms with Gasteiger partial charge in [-0.25, -0.2) is 0 Å². The molecule has 0 saturated heterocycles. The van der Waals surface area contributed by atoms with E-state index in [4.69, 9.17) is 10.8 Å². The molecule has 0 aromatic carbocycles. The fourth-order valence-corrected chi connectivity index (χ4v) is 1.33. The van der Waals surface area contributed by atoms with Gasteiger partial charge in [-0.05, 0) is 0 Å². The monoisotopic (exact) mass is 273 g/mol. The highest BCUT2D eigenvalue weighted by atomic mass is 16.4. The SMILES string of the molecule is CCC(=O)N(C)CCC(=O)NC(CC(=O)O)C(N)=O. The third-order valence-corrected chi connectivity index (χ3v) is 2.46. The molecule has 0 spiro atoms. The average Bonchev–Trinajstić information content (AvgIpc) is 2.33. The van der Waals surface area contributed by atoms with Crippen molar-refractivity contribution >= 4 is 23.7 Å². The third-order valence-electron chi connectivity index (χ3n) is 2.46. The lowest BCUT2D eigenvalue weighted by Gasteiger charge is -2.17. The summed E-state index contributed by atoms with van der Waals surface area (Å²) in [5.41, 5.74) is 4.98. The van der Waals surface area contributed by atoms with Crippen LogP contribution >= 0.6 is 0 Å². The van der Waals surface area contributed by atoms with Gasteiger partial charge in [-0.1, -0.05) is 6.92 Å². The lowest BCUT2D eigenvalue weighted by atomic mass is 10.2. The van der Waals surface area contributed by atoms with Gasteiger partial charge in [0.25, 0.3) is 0 Å². The lowest BCUT2D eigenvalue weighted by Crippen LogP contribution is -2.46. The number of carbonyl (C=O) groups excluding carboxylic acids is 3. The molecule has 1 unspecified atom stereocenters. The fourth-order valence-electron chi connectivity index (χ4n) is 1.33. The van der Waals surface area contributed by atoms with E-state index in [1.54, 1.807) is 14.0 Å². The highest BCUT2D eigenvalue weighted by Gasteiger charge is 2.21. The number of nitrogens with one attached hydrogen (secondary N) is 1. The van der Waals surface area contributed by atoms with E-state index in [1.807, 2.05) is 0 Å². The maximum atomic E-state index is 11.5. The largest absolute Gasteiger partial charge is 0.481 e. The number of carboxylic acid groups (broad SMARTS) is 1. The van der Waals surface area contributed by atoms with E-state index in [-0.39, 0.29) is 18.9 Å². The van der Waals surface area contributed by atoms with Crippen LogP contribution in [0, 0.1) is 0 Å². The zero-order valence-electron chi connectivity index (χ0n) is 11.0. The van der Waals surface area contributed by atoms with Crippen molar-refractivity contribution in [3.05, 3.63) is 0 Å². The van der Waals surface area contributed by atoms with Gasteiger partial charge in [-0.3, -0.25) is 19.2 Å². The van der Waals surface area contributed by atoms with Crippen molar-refractivity contribution in [2.75, 3.05) is 13.6 Å². The van der Waals surface area contributed by atoms with Crippen molar-refractivity contribution in [3.8, 4) is 0 Å². The summed E-state index contributed by atoms with van der Waals surface area (Å²) in [6.07, 6.45) is -0.252. The molecule has 1 atom stereocenters. The number of hydrogen-bond donors (Lipinski definition) is 3. The number of carboxylic acids is 1. The summed E-state index contributed by atoms with van der Waals surface area (Å²) >= 11 is 0. The minimum atomic E-state index is -1.24. The van der Waals surface area contributed by atoms with Gasteiger partial charge in [0.05, 0.1) is 6.42 Å². The minimum Gasteiger partial charge on any atom is -0.481 e. The van der Waals surface area contributed by atoms with Crippen molar-refractivity contribution in [3.63, 3.8) is 0 Å². The molecule has 19 heavy (non-hydrogen) atoms. The van der Waals surface area contributed by atoms with E-state index in [0.717, 1.165) is 0 Å². The summed E-state index contributed by atoms with van der Waals surface area (Å²) in [5.74, 6) is -2.78. The quantitative estimate of drug-likeness (QED) is 0.505. The molecule has 0 saturated carbocycles. The Hall–Kier alpha value is -2.12. The predicted octanol–water partition coefficient (Wildman–Crippen LogP) is -1.31. The Labute approximate surface area is 110 Å². The second kappa shape index (κ2) is 8.06. The third kappa shape index (κ3) is 7.02. The van der Waals surface area contributed by atoms with E-state index in [1.165, 1.54) is 4.90 Å². The second-order valence-electron chi connectivity index (χ2n) is 4.04. The maximum absolute atomic E-state index is 11.5. The van der Waals surface area contributed by atoms with Gasteiger partial charge in [0.1, 0.15) is 6.04 Å². The van der Waals surface area contributed by atoms with Crippen LogP contribution in [0.25, 0.3) is 0 Å². The molecule has 8 heteroatoms. The Kier molecular flexibility index (Phi) is 7.16. The highest BCUT2D eigenvalue weighted by molar-refractivity contribution is 5.89. The first-order chi connectivity index (χ1) is 8.77. The van der Waals surface area contributed by atoms with Crippen LogP contribution in [0.2, 0.25) is 0 Å². The van der Waals surface area contributed by atoms with Crippen molar-refractivity contribution in [2.45, 2.75) is 32.2 Å². The van der Waals surface area contributed by atoms with Gasteiger partial charge < -0.3 is 21.1 Å². The number of rotatable bonds is 8. The Morgan fingerprint density at radius 2 is 1.89 bits per heavy atom. The van der Waals surface area contributed by atoms with Crippen LogP contribution in [-0.2, 0) is 19.2 Å². The average molecular weight is 273 g/mol. The standard InChI is InChI=1S/C11H19N3O5/c1-3-9(16)14(2)5-4-8(15)13-7(11(12)19)6-10(17)18/h7H,3-6H2,1-2H3,(H2,12,19)(H,13,15)(H,17,18). The van der Waals surface area contributed by atoms with Crippen LogP contribution in [0.15, 0.2) is 0 Å². The van der Waals surface area contributed by atoms with Crippen molar-refractivity contribution in [1.29, 1.82) is 0 Å². The number of amides is 3. The molecule has 0 aliphatic heterocycles. The summed E-state index contributed by atoms with van der Waals surface area (Å²) < 4.78 is 0. The van der Waals surface area contributed by atoms with Gasteiger partial charge >= 0.3 is 5.97 Å². The van der Waals surface area contributed by atoms with E-state index in [9.17, 15) is 19.2 Å². The Balaban J connectivity index is 4.24. The molecule has 8 nitrogen and oxygen atoms in total. The zero-order chi connectivity index (χ0) is 15.0. The Morgan fingerprint density at radius 3 is 2.32 bits per heavy atom. The summed E-state index contributed by atoms with van der Waals surface area (Å²) in [7, 11) is 1.56. The zero-order valence-corrected chi connectivity index (χ0v) is 11.0. The smallest absolute Gasteiger partial charge is 0.305 e. The second-order valence-corrected chi connectivity index (χ2v) is 4.04. The molecule has 0 radical (unpaired) electrons. The van der Waals surface area contributed by atoms with E-state index < -0.39 is 30.2 Å². The van der Waals surface area contributed by atoms with Gasteiger partial charge in [0.15, 0.2) is 0 Å². The predicted molar refractivity (Wildman–Crippen MR) is 65.9 cm³/mol. The molecule has 0 aliphatic carbocycles. The fraction of sp³-hybridized carbons (Fsp3) is 0.636. The minimum absolute atomic E-state index is 0.0222. The molecule has 0 aromatic rings. The molecule has 0 aliphatic rings. The first kappa shape index (κ1) is 16.9. The molecule has 0 bridgehead atoms. The first-order valence-corrected chi connectivity index (χ1v) is 5.82. The number of nitrogens with two attached hydrogens (primary N) is 1. The molecular weight excluding hydrogens is 254 g/mol. The van der Waals surface area contributed by atoms with E-state index in [2.05, 4.69) is 5.32 Å². The number of primary amides is 1. The van der Waals surface area contributed by atoms with Crippen LogP contribution in [-0.4, -0.2) is 53.3 Å². The van der Waals surface area contributed by atoms with Crippen molar-refractivity contribution < 1.29 is 24.3 Å². The van der Waals surface area contributed by atoms with Crippen LogP contribution in [0.5, 0.6) is 0 Å². The first-order valence-electron chi connectivity index (χ1n) is 5.82. The van der Waals surface area contributed by atoms with E-state index >= 15 is 0 Å². The molecule has 0 heterocycles. The normalized spacial score (nSPS) is 11.5. The van der Waals surface area contributed by atoms with Gasteiger partial charge in [-0.2, -0.15) is 0 Å². The summed E-state index contributed by atoms with van der Waals surface area (Å²) in [5, 5.41) is 10.8. The highest BCUT2D eigenvalue weighted by Crippen LogP contribution is 1.96. The molecule has 4 N–H and O–H groups in total. The number of nitrogens with zero attached hydrogens (tertiary/aromatic N) is 1. The van der Waals surface area contributed by atoms with Crippen LogP contribution in [0.3, 0.4) is 0 Å².